The largest absolute Gasteiger partial charge is 0.398 e. The molecule has 0 aromatic heterocycles. The van der Waals surface area contributed by atoms with Gasteiger partial charge in [0.05, 0.1) is 0 Å². The molecule has 0 saturated heterocycles. The van der Waals surface area contributed by atoms with Crippen LogP contribution in [-0.4, -0.2) is 0 Å². The summed E-state index contributed by atoms with van der Waals surface area (Å²) in [6, 6.07) is 12.2. The monoisotopic (exact) mass is 220 g/mol. The summed E-state index contributed by atoms with van der Waals surface area (Å²) in [7, 11) is 0. The number of rotatable bonds is 1. The molecule has 2 aromatic carbocycles. The van der Waals surface area contributed by atoms with Gasteiger partial charge in [-0.25, -0.2) is 4.39 Å². The van der Waals surface area contributed by atoms with Gasteiger partial charge in [0.15, 0.2) is 0 Å². The number of nitrogen functional groups attached to an aromatic ring is 1. The summed E-state index contributed by atoms with van der Waals surface area (Å²) in [6.45, 7) is 0. The van der Waals surface area contributed by atoms with Crippen LogP contribution in [0.3, 0.4) is 0 Å². The molecule has 0 spiro atoms. The molecule has 0 amide bonds. The van der Waals surface area contributed by atoms with Gasteiger partial charge in [-0.3, -0.25) is 0 Å². The molecule has 2 N–H and O–H groups in total. The van der Waals surface area contributed by atoms with Gasteiger partial charge in [-0.1, -0.05) is 23.7 Å². The lowest BCUT2D eigenvalue weighted by Gasteiger charge is -2.06. The highest BCUT2D eigenvalue weighted by molar-refractivity contribution is 6.31. The van der Waals surface area contributed by atoms with E-state index in [1.54, 1.807) is 24.3 Å². The lowest BCUT2D eigenvalue weighted by atomic mass is 10.0. The van der Waals surface area contributed by atoms with E-state index in [0.717, 1.165) is 5.56 Å². The molecule has 75 valence electrons. The summed E-state index contributed by atoms with van der Waals surface area (Å²) >= 11 is 5.85. The third-order valence-corrected chi connectivity index (χ3v) is 2.33. The van der Waals surface area contributed by atoms with Crippen LogP contribution in [0.2, 0.25) is 5.02 Å². The lowest BCUT2D eigenvalue weighted by molar-refractivity contribution is 0.626. The Labute approximate surface area is 92.3 Å². The van der Waals surface area contributed by atoms with Crippen LogP contribution in [0, 0.1) is 11.9 Å². The minimum Gasteiger partial charge on any atom is -0.398 e. The SMILES string of the molecule is Nc1ccc(Cl)cc1-c1cc[c]c(F)c1. The van der Waals surface area contributed by atoms with E-state index >= 15 is 0 Å². The van der Waals surface area contributed by atoms with E-state index in [2.05, 4.69) is 6.07 Å². The van der Waals surface area contributed by atoms with E-state index in [-0.39, 0.29) is 0 Å². The van der Waals surface area contributed by atoms with Crippen LogP contribution < -0.4 is 5.73 Å². The van der Waals surface area contributed by atoms with Crippen LogP contribution in [0.4, 0.5) is 10.1 Å². The molecular formula is C12H8ClFN. The minimum atomic E-state index is -0.410. The van der Waals surface area contributed by atoms with E-state index in [4.69, 9.17) is 17.3 Å². The van der Waals surface area contributed by atoms with E-state index in [1.165, 1.54) is 12.1 Å². The summed E-state index contributed by atoms with van der Waals surface area (Å²) in [5.74, 6) is -0.410. The number of benzene rings is 2. The van der Waals surface area contributed by atoms with Crippen molar-refractivity contribution in [2.24, 2.45) is 0 Å². The smallest absolute Gasteiger partial charge is 0.131 e. The quantitative estimate of drug-likeness (QED) is 0.731. The zero-order valence-electron chi connectivity index (χ0n) is 7.80. The second-order valence-corrected chi connectivity index (χ2v) is 3.59. The Morgan fingerprint density at radius 2 is 2.00 bits per heavy atom. The molecule has 15 heavy (non-hydrogen) atoms. The summed E-state index contributed by atoms with van der Waals surface area (Å²) in [6.07, 6.45) is 0. The van der Waals surface area contributed by atoms with Crippen molar-refractivity contribution >= 4 is 17.3 Å². The van der Waals surface area contributed by atoms with Crippen molar-refractivity contribution in [1.82, 2.24) is 0 Å². The molecule has 0 aliphatic rings. The number of hydrogen-bond donors (Lipinski definition) is 1. The van der Waals surface area contributed by atoms with E-state index in [1.807, 2.05) is 0 Å². The molecule has 0 aliphatic carbocycles. The molecule has 0 heterocycles. The zero-order chi connectivity index (χ0) is 10.8. The molecule has 0 aliphatic heterocycles. The first kappa shape index (κ1) is 9.99. The minimum absolute atomic E-state index is 0.410. The van der Waals surface area contributed by atoms with E-state index < -0.39 is 5.82 Å². The van der Waals surface area contributed by atoms with Crippen molar-refractivity contribution < 1.29 is 4.39 Å². The maximum atomic E-state index is 13.0. The molecule has 3 heteroatoms. The van der Waals surface area contributed by atoms with Crippen molar-refractivity contribution in [1.29, 1.82) is 0 Å². The average Bonchev–Trinajstić information content (AvgIpc) is 2.22. The zero-order valence-corrected chi connectivity index (χ0v) is 8.55. The Hall–Kier alpha value is -1.54. The molecule has 1 radical (unpaired) electrons. The Kier molecular flexibility index (Phi) is 2.60. The Balaban J connectivity index is 2.58. The maximum Gasteiger partial charge on any atom is 0.131 e. The van der Waals surface area contributed by atoms with Crippen LogP contribution in [0.5, 0.6) is 0 Å². The first-order valence-corrected chi connectivity index (χ1v) is 4.77. The van der Waals surface area contributed by atoms with Crippen molar-refractivity contribution in [2.45, 2.75) is 0 Å². The van der Waals surface area contributed by atoms with Crippen molar-refractivity contribution in [3.8, 4) is 11.1 Å². The second kappa shape index (κ2) is 3.91. The number of nitrogens with two attached hydrogens (primary N) is 1. The first-order chi connectivity index (χ1) is 7.16. The van der Waals surface area contributed by atoms with Crippen molar-refractivity contribution in [2.75, 3.05) is 5.73 Å². The molecule has 2 aromatic rings. The van der Waals surface area contributed by atoms with Gasteiger partial charge in [-0.05, 0) is 29.8 Å². The summed E-state index contributed by atoms with van der Waals surface area (Å²) in [5.41, 5.74) is 7.79. The summed E-state index contributed by atoms with van der Waals surface area (Å²) in [4.78, 5) is 0. The highest BCUT2D eigenvalue weighted by Gasteiger charge is 2.04. The summed E-state index contributed by atoms with van der Waals surface area (Å²) in [5, 5.41) is 0.576. The normalized spacial score (nSPS) is 10.3. The van der Waals surface area contributed by atoms with Gasteiger partial charge in [0.1, 0.15) is 5.82 Å². The van der Waals surface area contributed by atoms with E-state index in [0.29, 0.717) is 16.3 Å². The Morgan fingerprint density at radius 3 is 2.73 bits per heavy atom. The fourth-order valence-corrected chi connectivity index (χ4v) is 1.56. The van der Waals surface area contributed by atoms with Gasteiger partial charge in [0, 0.05) is 22.3 Å². The number of hydrogen-bond acceptors (Lipinski definition) is 1. The van der Waals surface area contributed by atoms with Gasteiger partial charge >= 0.3 is 0 Å². The number of anilines is 1. The third-order valence-electron chi connectivity index (χ3n) is 2.09. The third kappa shape index (κ3) is 2.10. The van der Waals surface area contributed by atoms with Gasteiger partial charge in [0.25, 0.3) is 0 Å². The van der Waals surface area contributed by atoms with Gasteiger partial charge in [-0.15, -0.1) is 0 Å². The molecule has 0 saturated carbocycles. The lowest BCUT2D eigenvalue weighted by Crippen LogP contribution is -1.90. The fourth-order valence-electron chi connectivity index (χ4n) is 1.38. The van der Waals surface area contributed by atoms with Gasteiger partial charge < -0.3 is 5.73 Å². The Morgan fingerprint density at radius 1 is 1.20 bits per heavy atom. The highest BCUT2D eigenvalue weighted by Crippen LogP contribution is 2.28. The molecule has 0 bridgehead atoms. The molecular weight excluding hydrogens is 213 g/mol. The predicted molar refractivity (Wildman–Crippen MR) is 60.1 cm³/mol. The fraction of sp³-hybridized carbons (Fsp3) is 0. The molecule has 2 rings (SSSR count). The van der Waals surface area contributed by atoms with Crippen LogP contribution in [0.1, 0.15) is 0 Å². The standard InChI is InChI=1S/C12H8ClFN/c13-9-4-5-12(15)11(7-9)8-2-1-3-10(14)6-8/h1-2,4-7H,15H2. The van der Waals surface area contributed by atoms with Crippen LogP contribution in [-0.2, 0) is 0 Å². The predicted octanol–water partition coefficient (Wildman–Crippen LogP) is 3.53. The topological polar surface area (TPSA) is 26.0 Å². The van der Waals surface area contributed by atoms with Crippen molar-refractivity contribution in [3.05, 3.63) is 53.3 Å². The molecule has 0 atom stereocenters. The van der Waals surface area contributed by atoms with E-state index in [9.17, 15) is 4.39 Å². The molecule has 0 fully saturated rings. The highest BCUT2D eigenvalue weighted by atomic mass is 35.5. The first-order valence-electron chi connectivity index (χ1n) is 4.39. The van der Waals surface area contributed by atoms with Gasteiger partial charge in [-0.2, -0.15) is 0 Å². The molecule has 1 nitrogen and oxygen atoms in total. The maximum absolute atomic E-state index is 13.0. The molecule has 0 unspecified atom stereocenters. The van der Waals surface area contributed by atoms with Crippen LogP contribution in [0.15, 0.2) is 36.4 Å². The number of halogens is 2. The van der Waals surface area contributed by atoms with Crippen LogP contribution in [0.25, 0.3) is 11.1 Å². The van der Waals surface area contributed by atoms with Crippen LogP contribution >= 0.6 is 11.6 Å². The Bertz CT molecular complexity index is 497. The van der Waals surface area contributed by atoms with Gasteiger partial charge in [0.2, 0.25) is 0 Å². The average molecular weight is 221 g/mol. The summed E-state index contributed by atoms with van der Waals surface area (Å²) < 4.78 is 13.0. The second-order valence-electron chi connectivity index (χ2n) is 3.16. The van der Waals surface area contributed by atoms with Crippen molar-refractivity contribution in [3.63, 3.8) is 0 Å².